The van der Waals surface area contributed by atoms with E-state index in [4.69, 9.17) is 4.74 Å². The summed E-state index contributed by atoms with van der Waals surface area (Å²) in [6.07, 6.45) is 0. The number of fused-ring (bicyclic) bond motifs is 1. The first-order valence-electron chi connectivity index (χ1n) is 5.65. The van der Waals surface area contributed by atoms with E-state index < -0.39 is 11.6 Å². The molecule has 94 valence electrons. The zero-order chi connectivity index (χ0) is 13.3. The highest BCUT2D eigenvalue weighted by Crippen LogP contribution is 2.19. The molecule has 0 N–H and O–H groups in total. The van der Waals surface area contributed by atoms with Crippen molar-refractivity contribution in [2.24, 2.45) is 0 Å². The number of hydrogen-bond acceptors (Lipinski definition) is 3. The second kappa shape index (κ2) is 4.69. The van der Waals surface area contributed by atoms with E-state index >= 15 is 0 Å². The molecule has 0 bridgehead atoms. The summed E-state index contributed by atoms with van der Waals surface area (Å²) in [5.41, 5.74) is 0.591. The third-order valence-corrected chi connectivity index (χ3v) is 2.76. The first-order valence-corrected chi connectivity index (χ1v) is 6.44. The quantitative estimate of drug-likeness (QED) is 0.749. The third kappa shape index (κ3) is 3.07. The summed E-state index contributed by atoms with van der Waals surface area (Å²) in [7, 11) is 0. The summed E-state index contributed by atoms with van der Waals surface area (Å²) >= 11 is 3.39. The summed E-state index contributed by atoms with van der Waals surface area (Å²) in [5, 5.41) is 0.991. The van der Waals surface area contributed by atoms with Crippen LogP contribution in [0.25, 0.3) is 10.9 Å². The standard InChI is InChI=1S/C14H14BrNO2/c1-14(2,3)18-13(17)11-7-5-9-4-6-10(15)8-12(9)16-11/h4-8H,1-3H3. The van der Waals surface area contributed by atoms with Gasteiger partial charge in [-0.05, 0) is 39.0 Å². The number of carbonyl (C=O) groups is 1. The van der Waals surface area contributed by atoms with E-state index in [2.05, 4.69) is 20.9 Å². The van der Waals surface area contributed by atoms with E-state index in [0.717, 1.165) is 15.4 Å². The minimum Gasteiger partial charge on any atom is -0.455 e. The fraction of sp³-hybridized carbons (Fsp3) is 0.286. The number of esters is 1. The molecule has 0 radical (unpaired) electrons. The van der Waals surface area contributed by atoms with Gasteiger partial charge in [0, 0.05) is 9.86 Å². The molecule has 0 saturated heterocycles. The number of hydrogen-bond donors (Lipinski definition) is 0. The van der Waals surface area contributed by atoms with Gasteiger partial charge in [0.15, 0.2) is 0 Å². The Balaban J connectivity index is 2.37. The van der Waals surface area contributed by atoms with Crippen LogP contribution < -0.4 is 0 Å². The van der Waals surface area contributed by atoms with Gasteiger partial charge in [0.05, 0.1) is 5.52 Å². The first-order chi connectivity index (χ1) is 8.35. The Labute approximate surface area is 114 Å². The number of aromatic nitrogens is 1. The van der Waals surface area contributed by atoms with E-state index in [1.165, 1.54) is 0 Å². The van der Waals surface area contributed by atoms with Gasteiger partial charge in [-0.15, -0.1) is 0 Å². The number of nitrogens with zero attached hydrogens (tertiary/aromatic N) is 1. The molecule has 2 rings (SSSR count). The van der Waals surface area contributed by atoms with Crippen LogP contribution in [0.4, 0.5) is 0 Å². The maximum Gasteiger partial charge on any atom is 0.357 e. The van der Waals surface area contributed by atoms with E-state index in [1.807, 2.05) is 45.0 Å². The summed E-state index contributed by atoms with van der Waals surface area (Å²) in [5.74, 6) is -0.399. The third-order valence-electron chi connectivity index (χ3n) is 2.26. The van der Waals surface area contributed by atoms with Crippen molar-refractivity contribution < 1.29 is 9.53 Å². The van der Waals surface area contributed by atoms with Crippen molar-refractivity contribution in [2.45, 2.75) is 26.4 Å². The molecule has 0 saturated carbocycles. The van der Waals surface area contributed by atoms with Crippen molar-refractivity contribution in [1.29, 1.82) is 0 Å². The Kier molecular flexibility index (Phi) is 3.39. The van der Waals surface area contributed by atoms with Crippen molar-refractivity contribution in [3.63, 3.8) is 0 Å². The molecular formula is C14H14BrNO2. The lowest BCUT2D eigenvalue weighted by Crippen LogP contribution is -2.24. The number of benzene rings is 1. The number of pyridine rings is 1. The molecule has 0 atom stereocenters. The number of halogens is 1. The Hall–Kier alpha value is -1.42. The lowest BCUT2D eigenvalue weighted by atomic mass is 10.2. The number of carbonyl (C=O) groups excluding carboxylic acids is 1. The topological polar surface area (TPSA) is 39.2 Å². The SMILES string of the molecule is CC(C)(C)OC(=O)c1ccc2ccc(Br)cc2n1. The van der Waals surface area contributed by atoms with Gasteiger partial charge < -0.3 is 4.74 Å². The van der Waals surface area contributed by atoms with Gasteiger partial charge in [0.1, 0.15) is 11.3 Å². The molecule has 1 aromatic carbocycles. The van der Waals surface area contributed by atoms with Gasteiger partial charge in [0.2, 0.25) is 0 Å². The largest absolute Gasteiger partial charge is 0.455 e. The lowest BCUT2D eigenvalue weighted by Gasteiger charge is -2.19. The van der Waals surface area contributed by atoms with Crippen LogP contribution in [-0.2, 0) is 4.74 Å². The highest BCUT2D eigenvalue weighted by atomic mass is 79.9. The van der Waals surface area contributed by atoms with Crippen LogP contribution in [0.3, 0.4) is 0 Å². The highest BCUT2D eigenvalue weighted by molar-refractivity contribution is 9.10. The Morgan fingerprint density at radius 1 is 1.22 bits per heavy atom. The molecule has 4 heteroatoms. The highest BCUT2D eigenvalue weighted by Gasteiger charge is 2.18. The minimum atomic E-state index is -0.509. The second-order valence-electron chi connectivity index (χ2n) is 5.04. The van der Waals surface area contributed by atoms with Crippen LogP contribution in [-0.4, -0.2) is 16.6 Å². The number of ether oxygens (including phenoxy) is 1. The molecule has 3 nitrogen and oxygen atoms in total. The van der Waals surface area contributed by atoms with Crippen molar-refractivity contribution in [3.8, 4) is 0 Å². The molecule has 2 aromatic rings. The molecular weight excluding hydrogens is 294 g/mol. The smallest absolute Gasteiger partial charge is 0.357 e. The van der Waals surface area contributed by atoms with Crippen LogP contribution in [0.2, 0.25) is 0 Å². The normalized spacial score (nSPS) is 11.6. The molecule has 0 fully saturated rings. The molecule has 1 heterocycles. The van der Waals surface area contributed by atoms with Gasteiger partial charge in [-0.2, -0.15) is 0 Å². The first kappa shape index (κ1) is 13.0. The van der Waals surface area contributed by atoms with Crippen molar-refractivity contribution in [1.82, 2.24) is 4.98 Å². The predicted octanol–water partition coefficient (Wildman–Crippen LogP) is 3.95. The number of rotatable bonds is 1. The summed E-state index contributed by atoms with van der Waals surface area (Å²) in [4.78, 5) is 16.2. The average molecular weight is 308 g/mol. The average Bonchev–Trinajstić information content (AvgIpc) is 2.25. The molecule has 18 heavy (non-hydrogen) atoms. The summed E-state index contributed by atoms with van der Waals surface area (Å²) < 4.78 is 6.22. The predicted molar refractivity (Wildman–Crippen MR) is 74.6 cm³/mol. The van der Waals surface area contributed by atoms with Crippen LogP contribution >= 0.6 is 15.9 Å². The lowest BCUT2D eigenvalue weighted by molar-refractivity contribution is 0.00633. The molecule has 1 aromatic heterocycles. The minimum absolute atomic E-state index is 0.329. The van der Waals surface area contributed by atoms with E-state index in [9.17, 15) is 4.79 Å². The Bertz CT molecular complexity index is 602. The van der Waals surface area contributed by atoms with Gasteiger partial charge in [-0.1, -0.05) is 28.1 Å². The molecule has 0 unspecified atom stereocenters. The fourth-order valence-corrected chi connectivity index (χ4v) is 1.88. The summed E-state index contributed by atoms with van der Waals surface area (Å²) in [6, 6.07) is 9.32. The molecule has 0 amide bonds. The molecule has 0 aliphatic carbocycles. The molecule has 0 aliphatic rings. The zero-order valence-electron chi connectivity index (χ0n) is 10.5. The Morgan fingerprint density at radius 2 is 1.89 bits per heavy atom. The van der Waals surface area contributed by atoms with Gasteiger partial charge >= 0.3 is 5.97 Å². The maximum atomic E-state index is 11.9. The van der Waals surface area contributed by atoms with Crippen LogP contribution in [0.1, 0.15) is 31.3 Å². The van der Waals surface area contributed by atoms with Crippen molar-refractivity contribution in [3.05, 3.63) is 40.5 Å². The van der Waals surface area contributed by atoms with Gasteiger partial charge in [-0.25, -0.2) is 9.78 Å². The Morgan fingerprint density at radius 3 is 2.56 bits per heavy atom. The van der Waals surface area contributed by atoms with Crippen molar-refractivity contribution in [2.75, 3.05) is 0 Å². The fourth-order valence-electron chi connectivity index (χ4n) is 1.53. The van der Waals surface area contributed by atoms with Crippen LogP contribution in [0.15, 0.2) is 34.8 Å². The van der Waals surface area contributed by atoms with Crippen molar-refractivity contribution >= 4 is 32.8 Å². The summed E-state index contributed by atoms with van der Waals surface area (Å²) in [6.45, 7) is 5.51. The van der Waals surface area contributed by atoms with Gasteiger partial charge in [0.25, 0.3) is 0 Å². The molecule has 0 spiro atoms. The van der Waals surface area contributed by atoms with Crippen LogP contribution in [0.5, 0.6) is 0 Å². The zero-order valence-corrected chi connectivity index (χ0v) is 12.1. The second-order valence-corrected chi connectivity index (χ2v) is 5.95. The molecule has 0 aliphatic heterocycles. The van der Waals surface area contributed by atoms with E-state index in [1.54, 1.807) is 6.07 Å². The van der Waals surface area contributed by atoms with E-state index in [-0.39, 0.29) is 0 Å². The monoisotopic (exact) mass is 307 g/mol. The van der Waals surface area contributed by atoms with E-state index in [0.29, 0.717) is 5.69 Å². The maximum absolute atomic E-state index is 11.9. The van der Waals surface area contributed by atoms with Crippen LogP contribution in [0, 0.1) is 0 Å². The van der Waals surface area contributed by atoms with Gasteiger partial charge in [-0.3, -0.25) is 0 Å².